The van der Waals surface area contributed by atoms with Crippen LogP contribution in [0.5, 0.6) is 0 Å². The second kappa shape index (κ2) is 5.88. The first-order valence-corrected chi connectivity index (χ1v) is 8.59. The minimum absolute atomic E-state index is 0.442. The minimum Gasteiger partial charge on any atom is -0.389 e. The van der Waals surface area contributed by atoms with Crippen molar-refractivity contribution in [2.45, 2.75) is 38.5 Å². The molecule has 1 aliphatic rings. The fourth-order valence-corrected chi connectivity index (χ4v) is 3.54. The molecule has 3 rings (SSSR count). The lowest BCUT2D eigenvalue weighted by Crippen LogP contribution is -2.26. The topological polar surface area (TPSA) is 23.5 Å². The molecule has 1 fully saturated rings. The summed E-state index contributed by atoms with van der Waals surface area (Å²) < 4.78 is 1.06. The number of anilines is 1. The highest BCUT2D eigenvalue weighted by Crippen LogP contribution is 2.38. The van der Waals surface area contributed by atoms with E-state index in [4.69, 9.17) is 0 Å². The SMILES string of the molecule is CC(O)c1ccc(Br)cc1N(Cc1cccs1)C1CC1. The summed E-state index contributed by atoms with van der Waals surface area (Å²) in [6.07, 6.45) is 2.05. The zero-order valence-electron chi connectivity index (χ0n) is 11.4. The largest absolute Gasteiger partial charge is 0.389 e. The maximum atomic E-state index is 10.0. The lowest BCUT2D eigenvalue weighted by atomic mass is 10.1. The predicted octanol–water partition coefficient (Wildman–Crippen LogP) is 4.73. The molecule has 1 saturated carbocycles. The van der Waals surface area contributed by atoms with Crippen LogP contribution in [0.2, 0.25) is 0 Å². The Hall–Kier alpha value is -0.840. The Morgan fingerprint density at radius 1 is 1.40 bits per heavy atom. The first kappa shape index (κ1) is 14.1. The fourth-order valence-electron chi connectivity index (χ4n) is 2.49. The Morgan fingerprint density at radius 2 is 2.20 bits per heavy atom. The molecule has 0 saturated heterocycles. The lowest BCUT2D eigenvalue weighted by Gasteiger charge is -2.28. The molecule has 0 aliphatic heterocycles. The minimum atomic E-state index is -0.442. The Bertz CT molecular complexity index is 578. The number of hydrogen-bond acceptors (Lipinski definition) is 3. The molecule has 1 unspecified atom stereocenters. The van der Waals surface area contributed by atoms with Crippen molar-refractivity contribution < 1.29 is 5.11 Å². The van der Waals surface area contributed by atoms with Crippen molar-refractivity contribution in [3.63, 3.8) is 0 Å². The molecule has 0 spiro atoms. The summed E-state index contributed by atoms with van der Waals surface area (Å²) >= 11 is 5.35. The predicted molar refractivity (Wildman–Crippen MR) is 88.3 cm³/mol. The van der Waals surface area contributed by atoms with Crippen LogP contribution >= 0.6 is 27.3 Å². The molecule has 1 atom stereocenters. The van der Waals surface area contributed by atoms with Crippen molar-refractivity contribution in [1.29, 1.82) is 0 Å². The first-order chi connectivity index (χ1) is 9.65. The molecule has 106 valence electrons. The number of aliphatic hydroxyl groups excluding tert-OH is 1. The normalized spacial score (nSPS) is 16.1. The van der Waals surface area contributed by atoms with Gasteiger partial charge in [0.25, 0.3) is 0 Å². The third-order valence-electron chi connectivity index (χ3n) is 3.65. The Balaban J connectivity index is 1.96. The molecule has 0 bridgehead atoms. The molecule has 0 radical (unpaired) electrons. The average Bonchev–Trinajstić information content (AvgIpc) is 3.12. The highest BCUT2D eigenvalue weighted by atomic mass is 79.9. The highest BCUT2D eigenvalue weighted by Gasteiger charge is 2.31. The smallest absolute Gasteiger partial charge is 0.0782 e. The third-order valence-corrected chi connectivity index (χ3v) is 5.00. The van der Waals surface area contributed by atoms with Crippen LogP contribution in [0.1, 0.15) is 36.3 Å². The van der Waals surface area contributed by atoms with E-state index in [1.165, 1.54) is 17.7 Å². The summed E-state index contributed by atoms with van der Waals surface area (Å²) in [5, 5.41) is 12.2. The molecule has 1 N–H and O–H groups in total. The zero-order chi connectivity index (χ0) is 14.1. The molecule has 1 aromatic carbocycles. The summed E-state index contributed by atoms with van der Waals surface area (Å²) in [5.41, 5.74) is 2.17. The van der Waals surface area contributed by atoms with E-state index in [1.807, 2.05) is 19.1 Å². The Labute approximate surface area is 132 Å². The molecule has 0 amide bonds. The van der Waals surface area contributed by atoms with Crippen LogP contribution in [0, 0.1) is 0 Å². The Morgan fingerprint density at radius 3 is 2.80 bits per heavy atom. The van der Waals surface area contributed by atoms with E-state index in [2.05, 4.69) is 44.4 Å². The van der Waals surface area contributed by atoms with Crippen LogP contribution in [-0.4, -0.2) is 11.1 Å². The third kappa shape index (κ3) is 3.08. The van der Waals surface area contributed by atoms with E-state index < -0.39 is 6.10 Å². The molecule has 1 aliphatic carbocycles. The average molecular weight is 352 g/mol. The summed E-state index contributed by atoms with van der Waals surface area (Å²) in [6, 6.07) is 11.1. The first-order valence-electron chi connectivity index (χ1n) is 6.91. The fraction of sp³-hybridized carbons (Fsp3) is 0.375. The number of nitrogens with zero attached hydrogens (tertiary/aromatic N) is 1. The van der Waals surface area contributed by atoms with Gasteiger partial charge in [-0.15, -0.1) is 11.3 Å². The van der Waals surface area contributed by atoms with E-state index in [-0.39, 0.29) is 0 Å². The van der Waals surface area contributed by atoms with Crippen LogP contribution < -0.4 is 4.90 Å². The quantitative estimate of drug-likeness (QED) is 0.841. The van der Waals surface area contributed by atoms with Gasteiger partial charge in [0.2, 0.25) is 0 Å². The molecule has 1 heterocycles. The van der Waals surface area contributed by atoms with Crippen LogP contribution in [0.25, 0.3) is 0 Å². The van der Waals surface area contributed by atoms with Gasteiger partial charge in [-0.25, -0.2) is 0 Å². The molecular weight excluding hydrogens is 334 g/mol. The van der Waals surface area contributed by atoms with Crippen LogP contribution in [-0.2, 0) is 6.54 Å². The van der Waals surface area contributed by atoms with Crippen molar-refractivity contribution in [1.82, 2.24) is 0 Å². The maximum absolute atomic E-state index is 10.0. The second-order valence-electron chi connectivity index (χ2n) is 5.32. The van der Waals surface area contributed by atoms with Crippen molar-refractivity contribution in [2.24, 2.45) is 0 Å². The van der Waals surface area contributed by atoms with Crippen molar-refractivity contribution >= 4 is 33.0 Å². The molecule has 4 heteroatoms. The monoisotopic (exact) mass is 351 g/mol. The van der Waals surface area contributed by atoms with Crippen molar-refractivity contribution in [3.8, 4) is 0 Å². The van der Waals surface area contributed by atoms with E-state index in [0.717, 1.165) is 22.3 Å². The van der Waals surface area contributed by atoms with Crippen LogP contribution in [0.3, 0.4) is 0 Å². The number of rotatable bonds is 5. The summed E-state index contributed by atoms with van der Waals surface area (Å²) in [5.74, 6) is 0. The number of hydrogen-bond donors (Lipinski definition) is 1. The number of thiophene rings is 1. The standard InChI is InChI=1S/C16H18BrNOS/c1-11(19)15-7-4-12(17)9-16(15)18(13-5-6-13)10-14-3-2-8-20-14/h2-4,7-9,11,13,19H,5-6,10H2,1H3. The van der Waals surface area contributed by atoms with Crippen molar-refractivity contribution in [3.05, 3.63) is 50.6 Å². The summed E-state index contributed by atoms with van der Waals surface area (Å²) in [7, 11) is 0. The van der Waals surface area contributed by atoms with Gasteiger partial charge in [0.15, 0.2) is 0 Å². The number of aliphatic hydroxyl groups is 1. The summed E-state index contributed by atoms with van der Waals surface area (Å²) in [4.78, 5) is 3.81. The van der Waals surface area contributed by atoms with E-state index in [9.17, 15) is 5.11 Å². The van der Waals surface area contributed by atoms with Gasteiger partial charge >= 0.3 is 0 Å². The molecule has 1 aromatic heterocycles. The molecular formula is C16H18BrNOS. The summed E-state index contributed by atoms with van der Waals surface area (Å²) in [6.45, 7) is 2.77. The van der Waals surface area contributed by atoms with Gasteiger partial charge in [-0.2, -0.15) is 0 Å². The lowest BCUT2D eigenvalue weighted by molar-refractivity contribution is 0.199. The van der Waals surface area contributed by atoms with E-state index >= 15 is 0 Å². The van der Waals surface area contributed by atoms with Gasteiger partial charge in [0, 0.05) is 26.6 Å². The molecule has 20 heavy (non-hydrogen) atoms. The van der Waals surface area contributed by atoms with Gasteiger partial charge in [-0.3, -0.25) is 0 Å². The van der Waals surface area contributed by atoms with Crippen molar-refractivity contribution in [2.75, 3.05) is 4.90 Å². The number of benzene rings is 1. The van der Waals surface area contributed by atoms with Gasteiger partial charge in [-0.05, 0) is 43.3 Å². The zero-order valence-corrected chi connectivity index (χ0v) is 13.8. The van der Waals surface area contributed by atoms with Gasteiger partial charge < -0.3 is 10.0 Å². The van der Waals surface area contributed by atoms with Gasteiger partial charge in [-0.1, -0.05) is 28.1 Å². The molecule has 2 aromatic rings. The van der Waals surface area contributed by atoms with Gasteiger partial charge in [0.05, 0.1) is 12.6 Å². The molecule has 2 nitrogen and oxygen atoms in total. The number of halogens is 1. The van der Waals surface area contributed by atoms with E-state index in [1.54, 1.807) is 11.3 Å². The highest BCUT2D eigenvalue weighted by molar-refractivity contribution is 9.10. The van der Waals surface area contributed by atoms with Crippen LogP contribution in [0.4, 0.5) is 5.69 Å². The van der Waals surface area contributed by atoms with Crippen LogP contribution in [0.15, 0.2) is 40.2 Å². The second-order valence-corrected chi connectivity index (χ2v) is 7.27. The van der Waals surface area contributed by atoms with E-state index in [0.29, 0.717) is 6.04 Å². The van der Waals surface area contributed by atoms with Gasteiger partial charge in [0.1, 0.15) is 0 Å². The maximum Gasteiger partial charge on any atom is 0.0782 e. The Kier molecular flexibility index (Phi) is 4.15.